The summed E-state index contributed by atoms with van der Waals surface area (Å²) in [5, 5.41) is 12.3. The average Bonchev–Trinajstić information content (AvgIpc) is 3.23. The van der Waals surface area contributed by atoms with E-state index in [1.807, 2.05) is 35.9 Å². The van der Waals surface area contributed by atoms with Crippen LogP contribution in [0, 0.1) is 0 Å². The van der Waals surface area contributed by atoms with Crippen molar-refractivity contribution in [2.45, 2.75) is 50.1 Å². The average molecular weight is 344 g/mol. The number of thioether (sulfide) groups is 1. The summed E-state index contributed by atoms with van der Waals surface area (Å²) in [6.45, 7) is 2.12. The van der Waals surface area contributed by atoms with Gasteiger partial charge in [0.25, 0.3) is 0 Å². The molecule has 2 aromatic rings. The molecule has 1 aliphatic carbocycles. The second-order valence-corrected chi connectivity index (χ2v) is 7.21. The number of carbonyl (C=O) groups excluding carboxylic acids is 1. The molecule has 0 spiro atoms. The largest absolute Gasteiger partial charge is 0.325 e. The fraction of sp³-hybridized carbons (Fsp3) is 0.500. The van der Waals surface area contributed by atoms with Crippen LogP contribution in [0.15, 0.2) is 29.4 Å². The van der Waals surface area contributed by atoms with E-state index in [1.165, 1.54) is 43.0 Å². The van der Waals surface area contributed by atoms with E-state index in [1.54, 1.807) is 0 Å². The van der Waals surface area contributed by atoms with Crippen molar-refractivity contribution in [2.75, 3.05) is 11.1 Å². The van der Waals surface area contributed by atoms with Crippen LogP contribution in [0.5, 0.6) is 0 Å². The number of carbonyl (C=O) groups is 1. The molecule has 24 heavy (non-hydrogen) atoms. The number of aromatic nitrogens is 3. The van der Waals surface area contributed by atoms with Crippen LogP contribution in [0.1, 0.15) is 49.9 Å². The maximum atomic E-state index is 12.1. The molecule has 0 atom stereocenters. The standard InChI is InChI=1S/C18H24N4OS/c1-3-13-8-10-15(11-9-13)19-16(23)12-24-18-21-20-17(22(18)2)14-6-4-5-7-14/h8-11,14H,3-7,12H2,1-2H3,(H,19,23). The Hall–Kier alpha value is -1.82. The molecule has 3 rings (SSSR count). The Morgan fingerprint density at radius 2 is 1.96 bits per heavy atom. The Morgan fingerprint density at radius 3 is 2.62 bits per heavy atom. The molecule has 6 heteroatoms. The molecule has 0 saturated heterocycles. The zero-order chi connectivity index (χ0) is 16.9. The van der Waals surface area contributed by atoms with Gasteiger partial charge in [-0.3, -0.25) is 4.79 Å². The molecule has 1 aliphatic rings. The van der Waals surface area contributed by atoms with E-state index in [9.17, 15) is 4.79 Å². The molecule has 128 valence electrons. The molecule has 0 radical (unpaired) electrons. The maximum absolute atomic E-state index is 12.1. The zero-order valence-electron chi connectivity index (χ0n) is 14.3. The van der Waals surface area contributed by atoms with Gasteiger partial charge in [-0.25, -0.2) is 0 Å². The molecule has 0 bridgehead atoms. The van der Waals surface area contributed by atoms with Crippen LogP contribution in [0.25, 0.3) is 0 Å². The van der Waals surface area contributed by atoms with Gasteiger partial charge in [-0.15, -0.1) is 10.2 Å². The van der Waals surface area contributed by atoms with Gasteiger partial charge >= 0.3 is 0 Å². The van der Waals surface area contributed by atoms with E-state index in [0.29, 0.717) is 11.7 Å². The van der Waals surface area contributed by atoms with Crippen LogP contribution in [0.2, 0.25) is 0 Å². The fourth-order valence-corrected chi connectivity index (χ4v) is 3.86. The van der Waals surface area contributed by atoms with Gasteiger partial charge in [-0.1, -0.05) is 43.7 Å². The molecule has 0 aliphatic heterocycles. The lowest BCUT2D eigenvalue weighted by atomic mass is 10.1. The number of aryl methyl sites for hydroxylation is 1. The first-order valence-electron chi connectivity index (χ1n) is 8.58. The fourth-order valence-electron chi connectivity index (χ4n) is 3.14. The quantitative estimate of drug-likeness (QED) is 0.811. The van der Waals surface area contributed by atoms with Crippen molar-refractivity contribution in [1.82, 2.24) is 14.8 Å². The van der Waals surface area contributed by atoms with Gasteiger partial charge in [0.15, 0.2) is 5.16 Å². The van der Waals surface area contributed by atoms with Crippen LogP contribution in [0.4, 0.5) is 5.69 Å². The van der Waals surface area contributed by atoms with Crippen LogP contribution in [-0.2, 0) is 18.3 Å². The van der Waals surface area contributed by atoms with Gasteiger partial charge < -0.3 is 9.88 Å². The lowest BCUT2D eigenvalue weighted by Crippen LogP contribution is -2.14. The van der Waals surface area contributed by atoms with E-state index in [-0.39, 0.29) is 5.91 Å². The number of anilines is 1. The van der Waals surface area contributed by atoms with Crippen LogP contribution < -0.4 is 5.32 Å². The van der Waals surface area contributed by atoms with E-state index in [2.05, 4.69) is 22.4 Å². The minimum atomic E-state index is -0.0188. The summed E-state index contributed by atoms with van der Waals surface area (Å²) in [6.07, 6.45) is 5.95. The lowest BCUT2D eigenvalue weighted by Gasteiger charge is -2.09. The molecule has 1 N–H and O–H groups in total. The first kappa shape index (κ1) is 17.0. The summed E-state index contributed by atoms with van der Waals surface area (Å²) in [7, 11) is 2.00. The Labute approximate surface area is 147 Å². The highest BCUT2D eigenvalue weighted by Gasteiger charge is 2.23. The number of nitrogens with one attached hydrogen (secondary N) is 1. The number of rotatable bonds is 6. The van der Waals surface area contributed by atoms with Crippen molar-refractivity contribution in [3.63, 3.8) is 0 Å². The predicted octanol–water partition coefficient (Wildman–Crippen LogP) is 3.77. The predicted molar refractivity (Wildman–Crippen MR) is 97.4 cm³/mol. The third kappa shape index (κ3) is 3.98. The first-order valence-corrected chi connectivity index (χ1v) is 9.56. The molecule has 5 nitrogen and oxygen atoms in total. The highest BCUT2D eigenvalue weighted by molar-refractivity contribution is 7.99. The van der Waals surface area contributed by atoms with E-state index in [0.717, 1.165) is 23.1 Å². The number of benzene rings is 1. The molecule has 1 heterocycles. The lowest BCUT2D eigenvalue weighted by molar-refractivity contribution is -0.113. The van der Waals surface area contributed by atoms with Crippen LogP contribution in [-0.4, -0.2) is 26.4 Å². The normalized spacial score (nSPS) is 14.9. The summed E-state index contributed by atoms with van der Waals surface area (Å²) in [6, 6.07) is 7.97. The van der Waals surface area contributed by atoms with Crippen molar-refractivity contribution >= 4 is 23.4 Å². The van der Waals surface area contributed by atoms with Gasteiger partial charge in [-0.05, 0) is 37.0 Å². The highest BCUT2D eigenvalue weighted by atomic mass is 32.2. The van der Waals surface area contributed by atoms with Gasteiger partial charge in [-0.2, -0.15) is 0 Å². The third-order valence-electron chi connectivity index (χ3n) is 4.57. The minimum Gasteiger partial charge on any atom is -0.325 e. The van der Waals surface area contributed by atoms with E-state index < -0.39 is 0 Å². The molecular formula is C18H24N4OS. The van der Waals surface area contributed by atoms with Gasteiger partial charge in [0.1, 0.15) is 5.82 Å². The number of amides is 1. The van der Waals surface area contributed by atoms with Gasteiger partial charge in [0.2, 0.25) is 5.91 Å². The topological polar surface area (TPSA) is 59.8 Å². The van der Waals surface area contributed by atoms with Crippen molar-refractivity contribution in [3.05, 3.63) is 35.7 Å². The Morgan fingerprint density at radius 1 is 1.25 bits per heavy atom. The molecule has 1 aromatic carbocycles. The van der Waals surface area contributed by atoms with Gasteiger partial charge in [0.05, 0.1) is 5.75 Å². The summed E-state index contributed by atoms with van der Waals surface area (Å²) in [5.41, 5.74) is 2.10. The summed E-state index contributed by atoms with van der Waals surface area (Å²) in [5.74, 6) is 1.91. The first-order chi connectivity index (χ1) is 11.7. The number of hydrogen-bond donors (Lipinski definition) is 1. The van der Waals surface area contributed by atoms with E-state index in [4.69, 9.17) is 0 Å². The molecule has 1 amide bonds. The second kappa shape index (κ2) is 7.83. The number of nitrogens with zero attached hydrogens (tertiary/aromatic N) is 3. The summed E-state index contributed by atoms with van der Waals surface area (Å²) >= 11 is 1.44. The third-order valence-corrected chi connectivity index (χ3v) is 5.59. The maximum Gasteiger partial charge on any atom is 0.234 e. The van der Waals surface area contributed by atoms with E-state index >= 15 is 0 Å². The Bertz CT molecular complexity index is 690. The smallest absolute Gasteiger partial charge is 0.234 e. The number of hydrogen-bond acceptors (Lipinski definition) is 4. The van der Waals surface area contributed by atoms with Crippen LogP contribution >= 0.6 is 11.8 Å². The van der Waals surface area contributed by atoms with Crippen molar-refractivity contribution in [2.24, 2.45) is 7.05 Å². The molecule has 1 fully saturated rings. The molecule has 1 aromatic heterocycles. The molecule has 1 saturated carbocycles. The molecular weight excluding hydrogens is 320 g/mol. The summed E-state index contributed by atoms with van der Waals surface area (Å²) in [4.78, 5) is 12.1. The summed E-state index contributed by atoms with van der Waals surface area (Å²) < 4.78 is 2.05. The monoisotopic (exact) mass is 344 g/mol. The molecule has 0 unspecified atom stereocenters. The van der Waals surface area contributed by atoms with Crippen molar-refractivity contribution < 1.29 is 4.79 Å². The van der Waals surface area contributed by atoms with Gasteiger partial charge in [0, 0.05) is 18.7 Å². The Kier molecular flexibility index (Phi) is 5.56. The SMILES string of the molecule is CCc1ccc(NC(=O)CSc2nnc(C3CCCC3)n2C)cc1. The second-order valence-electron chi connectivity index (χ2n) is 6.27. The Balaban J connectivity index is 1.54. The van der Waals surface area contributed by atoms with Crippen molar-refractivity contribution in [3.8, 4) is 0 Å². The minimum absolute atomic E-state index is 0.0188. The zero-order valence-corrected chi connectivity index (χ0v) is 15.1. The highest BCUT2D eigenvalue weighted by Crippen LogP contribution is 2.33. The van der Waals surface area contributed by atoms with Crippen LogP contribution in [0.3, 0.4) is 0 Å². The van der Waals surface area contributed by atoms with Crippen molar-refractivity contribution in [1.29, 1.82) is 0 Å².